The Morgan fingerprint density at radius 2 is 1.69 bits per heavy atom. The number of carbonyl (C=O) groups excluding carboxylic acids is 2. The lowest BCUT2D eigenvalue weighted by Crippen LogP contribution is -2.11. The summed E-state index contributed by atoms with van der Waals surface area (Å²) in [4.78, 5) is 22.8. The lowest BCUT2D eigenvalue weighted by atomic mass is 10.1. The zero-order chi connectivity index (χ0) is 12.1. The molecule has 1 aromatic carbocycles. The minimum Gasteiger partial charge on any atom is -0.459 e. The van der Waals surface area contributed by atoms with Gasteiger partial charge in [-0.05, 0) is 26.0 Å². The van der Waals surface area contributed by atoms with Crippen LogP contribution in [0.2, 0.25) is 0 Å². The summed E-state index contributed by atoms with van der Waals surface area (Å²) < 4.78 is 5.03. The second-order valence-electron chi connectivity index (χ2n) is 3.59. The van der Waals surface area contributed by atoms with Gasteiger partial charge in [-0.25, -0.2) is 4.79 Å². The van der Waals surface area contributed by atoms with Gasteiger partial charge in [0.2, 0.25) is 0 Å². The highest BCUT2D eigenvalue weighted by Gasteiger charge is 2.10. The van der Waals surface area contributed by atoms with Gasteiger partial charge in [0.25, 0.3) is 0 Å². The Balaban J connectivity index is 2.78. The van der Waals surface area contributed by atoms with Crippen LogP contribution in [-0.4, -0.2) is 23.2 Å². The highest BCUT2D eigenvalue weighted by molar-refractivity contribution is 9.09. The van der Waals surface area contributed by atoms with Crippen LogP contribution < -0.4 is 0 Å². The topological polar surface area (TPSA) is 43.4 Å². The molecule has 0 aliphatic carbocycles. The van der Waals surface area contributed by atoms with Crippen molar-refractivity contribution in [2.75, 3.05) is 5.33 Å². The van der Waals surface area contributed by atoms with Crippen molar-refractivity contribution < 1.29 is 14.3 Å². The first-order valence-corrected chi connectivity index (χ1v) is 6.07. The maximum atomic E-state index is 11.5. The second-order valence-corrected chi connectivity index (χ2v) is 4.15. The van der Waals surface area contributed by atoms with Gasteiger partial charge in [-0.2, -0.15) is 0 Å². The molecule has 0 unspecified atom stereocenters. The van der Waals surface area contributed by atoms with E-state index in [1.165, 1.54) is 0 Å². The van der Waals surface area contributed by atoms with Gasteiger partial charge >= 0.3 is 5.97 Å². The third kappa shape index (κ3) is 3.45. The van der Waals surface area contributed by atoms with E-state index in [2.05, 4.69) is 15.9 Å². The molecule has 3 nitrogen and oxygen atoms in total. The van der Waals surface area contributed by atoms with E-state index in [4.69, 9.17) is 4.74 Å². The molecule has 0 aliphatic rings. The molecule has 0 saturated heterocycles. The van der Waals surface area contributed by atoms with Crippen molar-refractivity contribution in [3.63, 3.8) is 0 Å². The molecule has 4 heteroatoms. The Hall–Kier alpha value is -1.16. The molecule has 0 bridgehead atoms. The predicted molar refractivity (Wildman–Crippen MR) is 65.1 cm³/mol. The van der Waals surface area contributed by atoms with Gasteiger partial charge in [-0.1, -0.05) is 28.1 Å². The molecular formula is C12H13BrO3. The Morgan fingerprint density at radius 3 is 2.12 bits per heavy atom. The molecule has 0 fully saturated rings. The zero-order valence-electron chi connectivity index (χ0n) is 9.20. The minimum absolute atomic E-state index is 0.0104. The van der Waals surface area contributed by atoms with Crippen LogP contribution >= 0.6 is 15.9 Å². The van der Waals surface area contributed by atoms with Crippen molar-refractivity contribution in [1.29, 1.82) is 0 Å². The van der Waals surface area contributed by atoms with Gasteiger partial charge in [0.1, 0.15) is 0 Å². The van der Waals surface area contributed by atoms with Crippen LogP contribution in [0.5, 0.6) is 0 Å². The van der Waals surface area contributed by atoms with Gasteiger partial charge in [0, 0.05) is 5.56 Å². The van der Waals surface area contributed by atoms with Crippen molar-refractivity contribution in [3.8, 4) is 0 Å². The highest BCUT2D eigenvalue weighted by Crippen LogP contribution is 2.08. The number of alkyl halides is 1. The van der Waals surface area contributed by atoms with Gasteiger partial charge in [0.05, 0.1) is 17.0 Å². The number of Topliss-reactive ketones (excluding diaryl/α,β-unsaturated/α-hetero) is 1. The van der Waals surface area contributed by atoms with Crippen LogP contribution in [0.1, 0.15) is 34.6 Å². The SMILES string of the molecule is CC(C)OC(=O)c1ccc(C(=O)CBr)cc1. The average Bonchev–Trinajstić information content (AvgIpc) is 2.27. The van der Waals surface area contributed by atoms with Crippen LogP contribution in [0.25, 0.3) is 0 Å². The summed E-state index contributed by atoms with van der Waals surface area (Å²) in [6.07, 6.45) is -0.142. The van der Waals surface area contributed by atoms with E-state index < -0.39 is 0 Å². The molecular weight excluding hydrogens is 272 g/mol. The fourth-order valence-electron chi connectivity index (χ4n) is 1.15. The fourth-order valence-corrected chi connectivity index (χ4v) is 1.48. The molecule has 0 spiro atoms. The largest absolute Gasteiger partial charge is 0.459 e. The molecule has 16 heavy (non-hydrogen) atoms. The molecule has 0 amide bonds. The first-order chi connectivity index (χ1) is 7.54. The van der Waals surface area contributed by atoms with E-state index in [-0.39, 0.29) is 23.2 Å². The zero-order valence-corrected chi connectivity index (χ0v) is 10.8. The third-order valence-corrected chi connectivity index (χ3v) is 2.42. The van der Waals surface area contributed by atoms with Crippen molar-refractivity contribution in [2.24, 2.45) is 0 Å². The molecule has 0 atom stereocenters. The Labute approximate surface area is 103 Å². The summed E-state index contributed by atoms with van der Waals surface area (Å²) >= 11 is 3.09. The van der Waals surface area contributed by atoms with E-state index in [9.17, 15) is 9.59 Å². The normalized spacial score (nSPS) is 10.2. The summed E-state index contributed by atoms with van der Waals surface area (Å²) in [6, 6.07) is 6.45. The smallest absolute Gasteiger partial charge is 0.338 e. The molecule has 0 N–H and O–H groups in total. The van der Waals surface area contributed by atoms with Crippen LogP contribution in [0.4, 0.5) is 0 Å². The summed E-state index contributed by atoms with van der Waals surface area (Å²) in [6.45, 7) is 3.58. The number of ether oxygens (including phenoxy) is 1. The van der Waals surface area contributed by atoms with Crippen LogP contribution in [0.3, 0.4) is 0 Å². The molecule has 1 rings (SSSR count). The standard InChI is InChI=1S/C12H13BrO3/c1-8(2)16-12(15)10-5-3-9(4-6-10)11(14)7-13/h3-6,8H,7H2,1-2H3. The van der Waals surface area contributed by atoms with E-state index in [1.54, 1.807) is 38.1 Å². The molecule has 0 heterocycles. The molecule has 0 aromatic heterocycles. The maximum absolute atomic E-state index is 11.5. The summed E-state index contributed by atoms with van der Waals surface area (Å²) in [7, 11) is 0. The quantitative estimate of drug-likeness (QED) is 0.485. The lowest BCUT2D eigenvalue weighted by molar-refractivity contribution is 0.0377. The minimum atomic E-state index is -0.368. The third-order valence-electron chi connectivity index (χ3n) is 1.91. The first-order valence-electron chi connectivity index (χ1n) is 4.94. The van der Waals surface area contributed by atoms with Gasteiger partial charge in [0.15, 0.2) is 5.78 Å². The van der Waals surface area contributed by atoms with Gasteiger partial charge < -0.3 is 4.74 Å². The van der Waals surface area contributed by atoms with E-state index >= 15 is 0 Å². The molecule has 0 aliphatic heterocycles. The number of carbonyl (C=O) groups is 2. The number of esters is 1. The monoisotopic (exact) mass is 284 g/mol. The Kier molecular flexibility index (Phi) is 4.68. The maximum Gasteiger partial charge on any atom is 0.338 e. The Bertz CT molecular complexity index is 382. The summed E-state index contributed by atoms with van der Waals surface area (Å²) in [5.74, 6) is -0.378. The number of ketones is 1. The lowest BCUT2D eigenvalue weighted by Gasteiger charge is -2.07. The second kappa shape index (κ2) is 5.80. The number of rotatable bonds is 4. The van der Waals surface area contributed by atoms with Crippen molar-refractivity contribution >= 4 is 27.7 Å². The molecule has 86 valence electrons. The van der Waals surface area contributed by atoms with E-state index in [1.807, 2.05) is 0 Å². The molecule has 0 radical (unpaired) electrons. The summed E-state index contributed by atoms with van der Waals surface area (Å²) in [5.41, 5.74) is 1.04. The van der Waals surface area contributed by atoms with Crippen molar-refractivity contribution in [2.45, 2.75) is 20.0 Å². The van der Waals surface area contributed by atoms with Crippen LogP contribution in [0, 0.1) is 0 Å². The van der Waals surface area contributed by atoms with Crippen molar-refractivity contribution in [1.82, 2.24) is 0 Å². The number of benzene rings is 1. The number of halogens is 1. The summed E-state index contributed by atoms with van der Waals surface area (Å²) in [5, 5.41) is 0.281. The van der Waals surface area contributed by atoms with Gasteiger partial charge in [-0.3, -0.25) is 4.79 Å². The van der Waals surface area contributed by atoms with E-state index in [0.29, 0.717) is 11.1 Å². The average molecular weight is 285 g/mol. The molecule has 1 aromatic rings. The number of hydrogen-bond acceptors (Lipinski definition) is 3. The van der Waals surface area contributed by atoms with Crippen LogP contribution in [-0.2, 0) is 4.74 Å². The van der Waals surface area contributed by atoms with Gasteiger partial charge in [-0.15, -0.1) is 0 Å². The van der Waals surface area contributed by atoms with Crippen molar-refractivity contribution in [3.05, 3.63) is 35.4 Å². The first kappa shape index (κ1) is 12.9. The Morgan fingerprint density at radius 1 is 1.19 bits per heavy atom. The van der Waals surface area contributed by atoms with E-state index in [0.717, 1.165) is 0 Å². The molecule has 0 saturated carbocycles. The predicted octanol–water partition coefficient (Wildman–Crippen LogP) is 2.83. The van der Waals surface area contributed by atoms with Crippen LogP contribution in [0.15, 0.2) is 24.3 Å². The fraction of sp³-hybridized carbons (Fsp3) is 0.333. The highest BCUT2D eigenvalue weighted by atomic mass is 79.9. The number of hydrogen-bond donors (Lipinski definition) is 0.